The van der Waals surface area contributed by atoms with Crippen molar-refractivity contribution in [2.24, 2.45) is 0 Å². The normalized spacial score (nSPS) is 12.6. The highest BCUT2D eigenvalue weighted by molar-refractivity contribution is 7.21. The van der Waals surface area contributed by atoms with E-state index in [4.69, 9.17) is 10.5 Å². The molecule has 19 heavy (non-hydrogen) atoms. The molecule has 1 amide bonds. The molecule has 1 aromatic heterocycles. The minimum atomic E-state index is -0.139. The van der Waals surface area contributed by atoms with Gasteiger partial charge >= 0.3 is 0 Å². The van der Waals surface area contributed by atoms with Gasteiger partial charge in [-0.05, 0) is 26.0 Å². The molecule has 1 unspecified atom stereocenters. The summed E-state index contributed by atoms with van der Waals surface area (Å²) in [4.78, 5) is 12.7. The summed E-state index contributed by atoms with van der Waals surface area (Å²) in [6.07, 6.45) is -0.0122. The largest absolute Gasteiger partial charge is 0.397 e. The van der Waals surface area contributed by atoms with Crippen molar-refractivity contribution in [3.05, 3.63) is 28.6 Å². The summed E-state index contributed by atoms with van der Waals surface area (Å²) < 4.78 is 6.13. The van der Waals surface area contributed by atoms with Crippen LogP contribution in [0, 0.1) is 6.92 Å². The quantitative estimate of drug-likeness (QED) is 0.903. The fraction of sp³-hybridized carbons (Fsp3) is 0.357. The maximum Gasteiger partial charge on any atom is 0.263 e. The number of nitrogens with one attached hydrogen (secondary N) is 1. The van der Waals surface area contributed by atoms with Crippen molar-refractivity contribution in [3.8, 4) is 0 Å². The second-order valence-corrected chi connectivity index (χ2v) is 5.65. The molecule has 0 spiro atoms. The summed E-state index contributed by atoms with van der Waals surface area (Å²) >= 11 is 1.42. The number of nitrogens with two attached hydrogens (primary N) is 1. The molecule has 2 rings (SSSR count). The van der Waals surface area contributed by atoms with Crippen molar-refractivity contribution in [2.75, 3.05) is 19.4 Å². The summed E-state index contributed by atoms with van der Waals surface area (Å²) in [5.41, 5.74) is 7.76. The number of hydrogen-bond acceptors (Lipinski definition) is 4. The number of thiophene rings is 1. The van der Waals surface area contributed by atoms with Crippen LogP contribution in [0.1, 0.15) is 22.2 Å². The number of ether oxygens (including phenoxy) is 1. The molecule has 0 fully saturated rings. The van der Waals surface area contributed by atoms with Gasteiger partial charge in [-0.15, -0.1) is 11.3 Å². The lowest BCUT2D eigenvalue weighted by Crippen LogP contribution is -2.31. The minimum Gasteiger partial charge on any atom is -0.397 e. The van der Waals surface area contributed by atoms with E-state index in [0.29, 0.717) is 17.1 Å². The van der Waals surface area contributed by atoms with Crippen molar-refractivity contribution >= 4 is 33.0 Å². The lowest BCUT2D eigenvalue weighted by Gasteiger charge is -2.10. The van der Waals surface area contributed by atoms with Gasteiger partial charge in [-0.1, -0.05) is 11.6 Å². The highest BCUT2D eigenvalue weighted by atomic mass is 32.1. The van der Waals surface area contributed by atoms with Gasteiger partial charge in [0.15, 0.2) is 0 Å². The van der Waals surface area contributed by atoms with Gasteiger partial charge in [-0.25, -0.2) is 0 Å². The number of amides is 1. The molecule has 0 saturated heterocycles. The Kier molecular flexibility index (Phi) is 4.07. The summed E-state index contributed by atoms with van der Waals surface area (Å²) in [6, 6.07) is 6.03. The molecular weight excluding hydrogens is 260 g/mol. The van der Waals surface area contributed by atoms with E-state index in [9.17, 15) is 4.79 Å². The van der Waals surface area contributed by atoms with Crippen molar-refractivity contribution in [1.29, 1.82) is 0 Å². The van der Waals surface area contributed by atoms with E-state index in [-0.39, 0.29) is 12.0 Å². The van der Waals surface area contributed by atoms with Crippen molar-refractivity contribution in [2.45, 2.75) is 20.0 Å². The van der Waals surface area contributed by atoms with E-state index in [1.54, 1.807) is 7.11 Å². The van der Waals surface area contributed by atoms with Crippen LogP contribution in [0.5, 0.6) is 0 Å². The number of fused-ring (bicyclic) bond motifs is 1. The lowest BCUT2D eigenvalue weighted by molar-refractivity contribution is 0.0874. The Morgan fingerprint density at radius 2 is 2.26 bits per heavy atom. The van der Waals surface area contributed by atoms with Crippen LogP contribution in [0.25, 0.3) is 10.1 Å². The van der Waals surface area contributed by atoms with E-state index < -0.39 is 0 Å². The molecule has 0 aliphatic heterocycles. The average Bonchev–Trinajstić information content (AvgIpc) is 2.73. The molecule has 3 N–H and O–H groups in total. The molecule has 0 aliphatic rings. The Hall–Kier alpha value is -1.59. The third-order valence-corrected chi connectivity index (χ3v) is 4.23. The number of carbonyl (C=O) groups is 1. The van der Waals surface area contributed by atoms with Gasteiger partial charge in [0.25, 0.3) is 5.91 Å². The van der Waals surface area contributed by atoms with Gasteiger partial charge in [-0.2, -0.15) is 0 Å². The van der Waals surface area contributed by atoms with Gasteiger partial charge in [0.1, 0.15) is 4.88 Å². The zero-order chi connectivity index (χ0) is 14.0. The first-order valence-corrected chi connectivity index (χ1v) is 6.94. The van der Waals surface area contributed by atoms with Gasteiger partial charge in [0.2, 0.25) is 0 Å². The fourth-order valence-electron chi connectivity index (χ4n) is 1.80. The summed E-state index contributed by atoms with van der Waals surface area (Å²) in [7, 11) is 1.62. The highest BCUT2D eigenvalue weighted by Gasteiger charge is 2.16. The number of nitrogen functional groups attached to an aromatic ring is 1. The smallest absolute Gasteiger partial charge is 0.263 e. The molecule has 5 heteroatoms. The molecule has 1 heterocycles. The first-order valence-electron chi connectivity index (χ1n) is 6.12. The number of aryl methyl sites for hydroxylation is 1. The zero-order valence-electron chi connectivity index (χ0n) is 11.3. The second kappa shape index (κ2) is 5.59. The maximum absolute atomic E-state index is 12.1. The first-order chi connectivity index (χ1) is 9.02. The standard InChI is InChI=1S/C14H18N2O2S/c1-8-4-5-11-10(6-8)12(15)13(19-11)14(17)16-7-9(2)18-3/h4-6,9H,7,15H2,1-3H3,(H,16,17). The average molecular weight is 278 g/mol. The van der Waals surface area contributed by atoms with Crippen LogP contribution < -0.4 is 11.1 Å². The number of methoxy groups -OCH3 is 1. The van der Waals surface area contributed by atoms with Crippen LogP contribution in [-0.2, 0) is 4.74 Å². The maximum atomic E-state index is 12.1. The fourth-order valence-corrected chi connectivity index (χ4v) is 2.82. The Morgan fingerprint density at radius 1 is 1.53 bits per heavy atom. The van der Waals surface area contributed by atoms with E-state index in [1.807, 2.05) is 32.0 Å². The van der Waals surface area contributed by atoms with Gasteiger partial charge in [0, 0.05) is 23.7 Å². The first kappa shape index (κ1) is 13.8. The summed E-state index contributed by atoms with van der Waals surface area (Å²) in [5.74, 6) is -0.139. The molecule has 2 aromatic rings. The van der Waals surface area contributed by atoms with E-state index in [0.717, 1.165) is 15.6 Å². The zero-order valence-corrected chi connectivity index (χ0v) is 12.1. The van der Waals surface area contributed by atoms with Crippen LogP contribution in [-0.4, -0.2) is 25.7 Å². The summed E-state index contributed by atoms with van der Waals surface area (Å²) in [6.45, 7) is 4.39. The summed E-state index contributed by atoms with van der Waals surface area (Å²) in [5, 5.41) is 3.79. The predicted molar refractivity (Wildman–Crippen MR) is 79.8 cm³/mol. The molecule has 0 bridgehead atoms. The Balaban J connectivity index is 2.25. The third-order valence-electron chi connectivity index (χ3n) is 3.04. The minimum absolute atomic E-state index is 0.0122. The molecule has 0 aliphatic carbocycles. The van der Waals surface area contributed by atoms with Crippen LogP contribution in [0.15, 0.2) is 18.2 Å². The Labute approximate surface area is 116 Å². The number of hydrogen-bond donors (Lipinski definition) is 2. The van der Waals surface area contributed by atoms with Gasteiger partial charge < -0.3 is 15.8 Å². The molecular formula is C14H18N2O2S. The molecule has 0 radical (unpaired) electrons. The Bertz CT molecular complexity index is 607. The third kappa shape index (κ3) is 2.88. The van der Waals surface area contributed by atoms with Crippen LogP contribution in [0.3, 0.4) is 0 Å². The molecule has 1 atom stereocenters. The number of rotatable bonds is 4. The van der Waals surface area contributed by atoms with Crippen molar-refractivity contribution in [3.63, 3.8) is 0 Å². The van der Waals surface area contributed by atoms with E-state index in [2.05, 4.69) is 5.32 Å². The van der Waals surface area contributed by atoms with Crippen molar-refractivity contribution in [1.82, 2.24) is 5.32 Å². The van der Waals surface area contributed by atoms with E-state index >= 15 is 0 Å². The van der Waals surface area contributed by atoms with Gasteiger partial charge in [0.05, 0.1) is 11.8 Å². The Morgan fingerprint density at radius 3 is 2.95 bits per heavy atom. The monoisotopic (exact) mass is 278 g/mol. The molecule has 0 saturated carbocycles. The van der Waals surface area contributed by atoms with Crippen LogP contribution in [0.4, 0.5) is 5.69 Å². The number of anilines is 1. The lowest BCUT2D eigenvalue weighted by atomic mass is 10.1. The predicted octanol–water partition coefficient (Wildman–Crippen LogP) is 2.56. The highest BCUT2D eigenvalue weighted by Crippen LogP contribution is 2.34. The van der Waals surface area contributed by atoms with E-state index in [1.165, 1.54) is 11.3 Å². The van der Waals surface area contributed by atoms with Crippen molar-refractivity contribution < 1.29 is 9.53 Å². The molecule has 102 valence electrons. The van der Waals surface area contributed by atoms with Gasteiger partial charge in [-0.3, -0.25) is 4.79 Å². The second-order valence-electron chi connectivity index (χ2n) is 4.60. The number of carbonyl (C=O) groups excluding carboxylic acids is 1. The molecule has 1 aromatic carbocycles. The van der Waals surface area contributed by atoms with Crippen LogP contribution >= 0.6 is 11.3 Å². The number of benzene rings is 1. The topological polar surface area (TPSA) is 64.3 Å². The van der Waals surface area contributed by atoms with Crippen LogP contribution in [0.2, 0.25) is 0 Å². The molecule has 4 nitrogen and oxygen atoms in total. The SMILES string of the molecule is COC(C)CNC(=O)c1sc2ccc(C)cc2c1N.